The van der Waals surface area contributed by atoms with Gasteiger partial charge in [-0.3, -0.25) is 14.5 Å². The van der Waals surface area contributed by atoms with Crippen LogP contribution in [0.2, 0.25) is 0 Å². The number of ether oxygens (including phenoxy) is 1. The maximum absolute atomic E-state index is 12.2. The predicted octanol–water partition coefficient (Wildman–Crippen LogP) is 1.86. The quantitative estimate of drug-likeness (QED) is 0.764. The fraction of sp³-hybridized carbons (Fsp3) is 0.500. The van der Waals surface area contributed by atoms with Crippen molar-refractivity contribution in [1.82, 2.24) is 15.1 Å². The van der Waals surface area contributed by atoms with Gasteiger partial charge in [-0.15, -0.1) is 0 Å². The summed E-state index contributed by atoms with van der Waals surface area (Å²) in [6, 6.07) is 5.33. The van der Waals surface area contributed by atoms with Gasteiger partial charge in [0.05, 0.1) is 13.2 Å². The summed E-state index contributed by atoms with van der Waals surface area (Å²) in [4.78, 5) is 38.2. The smallest absolute Gasteiger partial charge is 0.326 e. The Bertz CT molecular complexity index is 674. The second-order valence-electron chi connectivity index (χ2n) is 6.32. The molecule has 0 bridgehead atoms. The maximum atomic E-state index is 12.2. The standard InChI is InChI=1S/C18H25N3O4/c1-12-7-8-15(25-4)14(10-12)13(2)19-16(22)6-5-9-21-17(23)11-20(3)18(21)24/h7-8,10,13H,5-6,9,11H2,1-4H3,(H,19,22)/t13-/m0/s1. The fourth-order valence-corrected chi connectivity index (χ4v) is 2.87. The van der Waals surface area contributed by atoms with Gasteiger partial charge in [-0.1, -0.05) is 17.7 Å². The van der Waals surface area contributed by atoms with Crippen molar-refractivity contribution in [2.24, 2.45) is 0 Å². The number of benzene rings is 1. The number of hydrogen-bond donors (Lipinski definition) is 1. The Morgan fingerprint density at radius 3 is 2.68 bits per heavy atom. The summed E-state index contributed by atoms with van der Waals surface area (Å²) in [6.07, 6.45) is 0.689. The van der Waals surface area contributed by atoms with Crippen molar-refractivity contribution in [3.8, 4) is 5.75 Å². The maximum Gasteiger partial charge on any atom is 0.326 e. The fourth-order valence-electron chi connectivity index (χ4n) is 2.87. The molecule has 0 spiro atoms. The number of urea groups is 1. The summed E-state index contributed by atoms with van der Waals surface area (Å²) in [5, 5.41) is 2.94. The average molecular weight is 347 g/mol. The van der Waals surface area contributed by atoms with Crippen LogP contribution in [-0.2, 0) is 9.59 Å². The molecule has 2 rings (SSSR count). The van der Waals surface area contributed by atoms with E-state index in [1.807, 2.05) is 32.0 Å². The number of rotatable bonds is 7. The minimum absolute atomic E-state index is 0.106. The molecule has 1 aliphatic rings. The molecule has 25 heavy (non-hydrogen) atoms. The SMILES string of the molecule is COc1ccc(C)cc1[C@H](C)NC(=O)CCCN1C(=O)CN(C)C1=O. The van der Waals surface area contributed by atoms with Gasteiger partial charge in [-0.2, -0.15) is 0 Å². The van der Waals surface area contributed by atoms with Crippen LogP contribution in [0.15, 0.2) is 18.2 Å². The molecule has 0 aliphatic carbocycles. The summed E-state index contributed by atoms with van der Waals surface area (Å²) in [7, 11) is 3.19. The predicted molar refractivity (Wildman–Crippen MR) is 93.3 cm³/mol. The van der Waals surface area contributed by atoms with E-state index >= 15 is 0 Å². The monoisotopic (exact) mass is 347 g/mol. The van der Waals surface area contributed by atoms with Crippen LogP contribution in [0.25, 0.3) is 0 Å². The first-order chi connectivity index (χ1) is 11.8. The number of methoxy groups -OCH3 is 1. The lowest BCUT2D eigenvalue weighted by Gasteiger charge is -2.18. The number of hydrogen-bond acceptors (Lipinski definition) is 4. The summed E-state index contributed by atoms with van der Waals surface area (Å²) in [5.74, 6) is 0.393. The van der Waals surface area contributed by atoms with Gasteiger partial charge in [0.25, 0.3) is 0 Å². The van der Waals surface area contributed by atoms with Gasteiger partial charge in [0.1, 0.15) is 12.3 Å². The van der Waals surface area contributed by atoms with Gasteiger partial charge < -0.3 is 15.0 Å². The molecule has 1 saturated heterocycles. The third kappa shape index (κ3) is 4.49. The Hall–Kier alpha value is -2.57. The van der Waals surface area contributed by atoms with Gasteiger partial charge in [0.2, 0.25) is 11.8 Å². The molecular formula is C18H25N3O4. The highest BCUT2D eigenvalue weighted by molar-refractivity contribution is 6.01. The molecule has 0 aromatic heterocycles. The van der Waals surface area contributed by atoms with E-state index in [2.05, 4.69) is 5.32 Å². The van der Waals surface area contributed by atoms with Gasteiger partial charge in [-0.25, -0.2) is 4.79 Å². The van der Waals surface area contributed by atoms with Crippen LogP contribution in [0.4, 0.5) is 4.79 Å². The number of aryl methyl sites for hydroxylation is 1. The zero-order valence-electron chi connectivity index (χ0n) is 15.2. The second-order valence-corrected chi connectivity index (χ2v) is 6.32. The number of nitrogens with one attached hydrogen (secondary N) is 1. The van der Waals surface area contributed by atoms with Crippen molar-refractivity contribution in [2.45, 2.75) is 32.7 Å². The molecule has 1 aromatic carbocycles. The average Bonchev–Trinajstić information content (AvgIpc) is 2.80. The van der Waals surface area contributed by atoms with E-state index in [0.717, 1.165) is 16.9 Å². The Morgan fingerprint density at radius 2 is 2.08 bits per heavy atom. The molecule has 7 nitrogen and oxygen atoms in total. The Kier molecular flexibility index (Phi) is 6.01. The number of amides is 4. The third-order valence-electron chi connectivity index (χ3n) is 4.25. The molecule has 1 aromatic rings. The normalized spacial score (nSPS) is 15.5. The highest BCUT2D eigenvalue weighted by Crippen LogP contribution is 2.26. The van der Waals surface area contributed by atoms with Gasteiger partial charge in [-0.05, 0) is 26.3 Å². The highest BCUT2D eigenvalue weighted by Gasteiger charge is 2.32. The van der Waals surface area contributed by atoms with Crippen LogP contribution < -0.4 is 10.1 Å². The molecule has 1 N–H and O–H groups in total. The number of carbonyl (C=O) groups is 3. The molecular weight excluding hydrogens is 322 g/mol. The first-order valence-corrected chi connectivity index (χ1v) is 8.33. The van der Waals surface area contributed by atoms with Gasteiger partial charge in [0.15, 0.2) is 0 Å². The van der Waals surface area contributed by atoms with Crippen LogP contribution in [0.1, 0.15) is 36.9 Å². The minimum Gasteiger partial charge on any atom is -0.496 e. The largest absolute Gasteiger partial charge is 0.496 e. The molecule has 7 heteroatoms. The summed E-state index contributed by atoms with van der Waals surface area (Å²) in [6.45, 7) is 4.25. The lowest BCUT2D eigenvalue weighted by molar-refractivity contribution is -0.126. The van der Waals surface area contributed by atoms with Crippen LogP contribution in [0.3, 0.4) is 0 Å². The van der Waals surface area contributed by atoms with E-state index in [0.29, 0.717) is 6.42 Å². The molecule has 1 atom stereocenters. The first-order valence-electron chi connectivity index (χ1n) is 8.33. The molecule has 0 radical (unpaired) electrons. The van der Waals surface area contributed by atoms with Gasteiger partial charge in [0, 0.05) is 25.6 Å². The third-order valence-corrected chi connectivity index (χ3v) is 4.25. The lowest BCUT2D eigenvalue weighted by Crippen LogP contribution is -2.33. The molecule has 0 saturated carbocycles. The van der Waals surface area contributed by atoms with E-state index in [1.165, 1.54) is 9.80 Å². The Balaban J connectivity index is 1.85. The summed E-state index contributed by atoms with van der Waals surface area (Å²) in [5.41, 5.74) is 2.01. The zero-order chi connectivity index (χ0) is 18.6. The summed E-state index contributed by atoms with van der Waals surface area (Å²) < 4.78 is 5.35. The highest BCUT2D eigenvalue weighted by atomic mass is 16.5. The Morgan fingerprint density at radius 1 is 1.36 bits per heavy atom. The minimum atomic E-state index is -0.303. The molecule has 0 unspecified atom stereocenters. The lowest BCUT2D eigenvalue weighted by atomic mass is 10.0. The van der Waals surface area contributed by atoms with Crippen molar-refractivity contribution >= 4 is 17.8 Å². The van der Waals surface area contributed by atoms with Crippen LogP contribution >= 0.6 is 0 Å². The van der Waals surface area contributed by atoms with Crippen molar-refractivity contribution in [3.63, 3.8) is 0 Å². The number of carbonyl (C=O) groups excluding carboxylic acids is 3. The van der Waals surface area contributed by atoms with Crippen molar-refractivity contribution in [2.75, 3.05) is 27.2 Å². The first kappa shape index (κ1) is 18.8. The topological polar surface area (TPSA) is 79.0 Å². The van der Waals surface area contributed by atoms with Crippen LogP contribution in [0.5, 0.6) is 5.75 Å². The molecule has 1 heterocycles. The van der Waals surface area contributed by atoms with Gasteiger partial charge >= 0.3 is 6.03 Å². The van der Waals surface area contributed by atoms with Crippen molar-refractivity contribution in [3.05, 3.63) is 29.3 Å². The van der Waals surface area contributed by atoms with E-state index in [4.69, 9.17) is 4.74 Å². The second kappa shape index (κ2) is 8.00. The summed E-state index contributed by atoms with van der Waals surface area (Å²) >= 11 is 0. The van der Waals surface area contributed by atoms with Crippen molar-refractivity contribution < 1.29 is 19.1 Å². The van der Waals surface area contributed by atoms with Crippen molar-refractivity contribution in [1.29, 1.82) is 0 Å². The number of likely N-dealkylation sites (N-methyl/N-ethyl adjacent to an activating group) is 1. The number of imide groups is 1. The Labute approximate surface area is 147 Å². The number of nitrogens with zero attached hydrogens (tertiary/aromatic N) is 2. The molecule has 4 amide bonds. The van der Waals surface area contributed by atoms with E-state index in [1.54, 1.807) is 14.2 Å². The van der Waals surface area contributed by atoms with E-state index < -0.39 is 0 Å². The van der Waals surface area contributed by atoms with E-state index in [9.17, 15) is 14.4 Å². The molecule has 136 valence electrons. The molecule has 1 aliphatic heterocycles. The molecule has 1 fully saturated rings. The van der Waals surface area contributed by atoms with E-state index in [-0.39, 0.29) is 43.4 Å². The zero-order valence-corrected chi connectivity index (χ0v) is 15.2. The van der Waals surface area contributed by atoms with Crippen LogP contribution in [-0.4, -0.2) is 54.9 Å². The van der Waals surface area contributed by atoms with Crippen LogP contribution in [0, 0.1) is 6.92 Å².